The maximum absolute atomic E-state index is 12.3. The normalized spacial score (nSPS) is 12.7. The van der Waals surface area contributed by atoms with Crippen LogP contribution in [0.25, 0.3) is 0 Å². The summed E-state index contributed by atoms with van der Waals surface area (Å²) in [5.74, 6) is 0.664. The summed E-state index contributed by atoms with van der Waals surface area (Å²) in [4.78, 5) is 0.188. The maximum Gasteiger partial charge on any atom is 0.261 e. The van der Waals surface area contributed by atoms with Gasteiger partial charge in [-0.2, -0.15) is 0 Å². The topological polar surface area (TPSA) is 81.4 Å². The molecule has 112 valence electrons. The van der Waals surface area contributed by atoms with Crippen LogP contribution in [0.15, 0.2) is 53.4 Å². The molecular formula is C15H18N2O3S. The summed E-state index contributed by atoms with van der Waals surface area (Å²) in [6, 6.07) is 13.1. The summed E-state index contributed by atoms with van der Waals surface area (Å²) in [5, 5.41) is 0. The second-order valence-corrected chi connectivity index (χ2v) is 6.38. The second-order valence-electron chi connectivity index (χ2n) is 4.70. The first kappa shape index (κ1) is 15.3. The van der Waals surface area contributed by atoms with Crippen molar-refractivity contribution < 1.29 is 13.2 Å². The van der Waals surface area contributed by atoms with Gasteiger partial charge in [0.15, 0.2) is 0 Å². The average molecular weight is 306 g/mol. The molecule has 3 N–H and O–H groups in total. The Morgan fingerprint density at radius 2 is 1.81 bits per heavy atom. The third kappa shape index (κ3) is 3.74. The van der Waals surface area contributed by atoms with Crippen molar-refractivity contribution in [1.29, 1.82) is 0 Å². The lowest BCUT2D eigenvalue weighted by atomic mass is 10.1. The van der Waals surface area contributed by atoms with Crippen molar-refractivity contribution in [2.75, 3.05) is 11.8 Å². The van der Waals surface area contributed by atoms with E-state index in [1.807, 2.05) is 6.92 Å². The Morgan fingerprint density at radius 1 is 1.14 bits per heavy atom. The Balaban J connectivity index is 2.27. The van der Waals surface area contributed by atoms with Crippen molar-refractivity contribution in [2.24, 2.45) is 5.73 Å². The lowest BCUT2D eigenvalue weighted by Crippen LogP contribution is -2.14. The molecule has 21 heavy (non-hydrogen) atoms. The van der Waals surface area contributed by atoms with E-state index in [-0.39, 0.29) is 10.9 Å². The van der Waals surface area contributed by atoms with Crippen LogP contribution >= 0.6 is 0 Å². The van der Waals surface area contributed by atoms with Crippen LogP contribution in [0.2, 0.25) is 0 Å². The SMILES string of the molecule is COc1ccc(NS(=O)(=O)c2cccc(C(C)N)c2)cc1. The van der Waals surface area contributed by atoms with Gasteiger partial charge in [0.1, 0.15) is 5.75 Å². The molecular weight excluding hydrogens is 288 g/mol. The standard InChI is InChI=1S/C15H18N2O3S/c1-11(16)12-4-3-5-15(10-12)21(18,19)17-13-6-8-14(20-2)9-7-13/h3-11,17H,16H2,1-2H3. The van der Waals surface area contributed by atoms with Crippen molar-refractivity contribution in [3.05, 3.63) is 54.1 Å². The van der Waals surface area contributed by atoms with Gasteiger partial charge >= 0.3 is 0 Å². The fraction of sp³-hybridized carbons (Fsp3) is 0.200. The minimum Gasteiger partial charge on any atom is -0.497 e. The first-order valence-electron chi connectivity index (χ1n) is 6.45. The van der Waals surface area contributed by atoms with Gasteiger partial charge in [-0.3, -0.25) is 4.72 Å². The van der Waals surface area contributed by atoms with Gasteiger partial charge in [0.25, 0.3) is 10.0 Å². The summed E-state index contributed by atoms with van der Waals surface area (Å²) in [6.45, 7) is 1.81. The third-order valence-corrected chi connectivity index (χ3v) is 4.42. The minimum absolute atomic E-state index is 0.188. The lowest BCUT2D eigenvalue weighted by Gasteiger charge is -2.11. The number of ether oxygens (including phenoxy) is 1. The molecule has 2 aromatic carbocycles. The first-order chi connectivity index (χ1) is 9.92. The number of methoxy groups -OCH3 is 1. The average Bonchev–Trinajstić information content (AvgIpc) is 2.48. The Kier molecular flexibility index (Phi) is 4.50. The summed E-state index contributed by atoms with van der Waals surface area (Å²) in [6.07, 6.45) is 0. The van der Waals surface area contributed by atoms with E-state index in [1.54, 1.807) is 49.6 Å². The van der Waals surface area contributed by atoms with Gasteiger partial charge in [0, 0.05) is 11.7 Å². The fourth-order valence-electron chi connectivity index (χ4n) is 1.84. The highest BCUT2D eigenvalue weighted by atomic mass is 32.2. The van der Waals surface area contributed by atoms with Gasteiger partial charge in [-0.1, -0.05) is 12.1 Å². The zero-order valence-corrected chi connectivity index (χ0v) is 12.7. The van der Waals surface area contributed by atoms with Gasteiger partial charge in [0.2, 0.25) is 0 Å². The Morgan fingerprint density at radius 3 is 2.38 bits per heavy atom. The number of hydrogen-bond donors (Lipinski definition) is 2. The van der Waals surface area contributed by atoms with Crippen LogP contribution in [0.4, 0.5) is 5.69 Å². The van der Waals surface area contributed by atoms with Gasteiger partial charge in [-0.05, 0) is 48.9 Å². The van der Waals surface area contributed by atoms with E-state index in [1.165, 1.54) is 6.07 Å². The highest BCUT2D eigenvalue weighted by Crippen LogP contribution is 2.21. The van der Waals surface area contributed by atoms with Crippen molar-refractivity contribution in [3.8, 4) is 5.75 Å². The van der Waals surface area contributed by atoms with E-state index in [2.05, 4.69) is 4.72 Å². The van der Waals surface area contributed by atoms with E-state index in [9.17, 15) is 8.42 Å². The highest BCUT2D eigenvalue weighted by molar-refractivity contribution is 7.92. The fourth-order valence-corrected chi connectivity index (χ4v) is 2.95. The molecule has 0 bridgehead atoms. The summed E-state index contributed by atoms with van der Waals surface area (Å²) in [5.41, 5.74) is 7.03. The molecule has 5 nitrogen and oxygen atoms in total. The molecule has 0 aromatic heterocycles. The maximum atomic E-state index is 12.3. The zero-order chi connectivity index (χ0) is 15.5. The molecule has 0 aliphatic heterocycles. The number of nitrogens with one attached hydrogen (secondary N) is 1. The molecule has 2 aromatic rings. The van der Waals surface area contributed by atoms with E-state index < -0.39 is 10.0 Å². The number of sulfonamides is 1. The molecule has 0 aliphatic rings. The highest BCUT2D eigenvalue weighted by Gasteiger charge is 2.15. The van der Waals surface area contributed by atoms with E-state index in [0.29, 0.717) is 11.4 Å². The number of rotatable bonds is 5. The number of hydrogen-bond acceptors (Lipinski definition) is 4. The van der Waals surface area contributed by atoms with Crippen molar-refractivity contribution in [2.45, 2.75) is 17.9 Å². The van der Waals surface area contributed by atoms with Crippen LogP contribution in [-0.2, 0) is 10.0 Å². The molecule has 2 rings (SSSR count). The molecule has 0 saturated carbocycles. The van der Waals surface area contributed by atoms with Gasteiger partial charge < -0.3 is 10.5 Å². The zero-order valence-electron chi connectivity index (χ0n) is 11.9. The number of nitrogens with two attached hydrogens (primary N) is 1. The molecule has 1 atom stereocenters. The molecule has 0 aliphatic carbocycles. The molecule has 0 saturated heterocycles. The smallest absolute Gasteiger partial charge is 0.261 e. The predicted molar refractivity (Wildman–Crippen MR) is 82.8 cm³/mol. The van der Waals surface area contributed by atoms with Crippen LogP contribution in [0.1, 0.15) is 18.5 Å². The summed E-state index contributed by atoms with van der Waals surface area (Å²) >= 11 is 0. The van der Waals surface area contributed by atoms with Crippen molar-refractivity contribution in [1.82, 2.24) is 0 Å². The second kappa shape index (κ2) is 6.15. The molecule has 0 heterocycles. The van der Waals surface area contributed by atoms with Crippen LogP contribution in [-0.4, -0.2) is 15.5 Å². The van der Waals surface area contributed by atoms with Gasteiger partial charge in [0.05, 0.1) is 12.0 Å². The Hall–Kier alpha value is -2.05. The van der Waals surface area contributed by atoms with Crippen LogP contribution in [0.3, 0.4) is 0 Å². The van der Waals surface area contributed by atoms with Crippen LogP contribution in [0.5, 0.6) is 5.75 Å². The molecule has 0 radical (unpaired) electrons. The minimum atomic E-state index is -3.64. The number of anilines is 1. The quantitative estimate of drug-likeness (QED) is 0.889. The van der Waals surface area contributed by atoms with Gasteiger partial charge in [-0.25, -0.2) is 8.42 Å². The van der Waals surface area contributed by atoms with Gasteiger partial charge in [-0.15, -0.1) is 0 Å². The van der Waals surface area contributed by atoms with E-state index in [0.717, 1.165) is 5.56 Å². The van der Waals surface area contributed by atoms with E-state index >= 15 is 0 Å². The van der Waals surface area contributed by atoms with Crippen molar-refractivity contribution >= 4 is 15.7 Å². The third-order valence-electron chi connectivity index (χ3n) is 3.04. The predicted octanol–water partition coefficient (Wildman–Crippen LogP) is 2.52. The Bertz CT molecular complexity index is 710. The first-order valence-corrected chi connectivity index (χ1v) is 7.93. The Labute approximate surface area is 124 Å². The summed E-state index contributed by atoms with van der Waals surface area (Å²) < 4.78 is 32.3. The summed E-state index contributed by atoms with van der Waals surface area (Å²) in [7, 11) is -2.08. The monoisotopic (exact) mass is 306 g/mol. The lowest BCUT2D eigenvalue weighted by molar-refractivity contribution is 0.415. The largest absolute Gasteiger partial charge is 0.497 e. The van der Waals surface area contributed by atoms with Crippen molar-refractivity contribution in [3.63, 3.8) is 0 Å². The molecule has 0 spiro atoms. The molecule has 6 heteroatoms. The number of benzene rings is 2. The molecule has 0 fully saturated rings. The molecule has 1 unspecified atom stereocenters. The van der Waals surface area contributed by atoms with Crippen LogP contribution in [0, 0.1) is 0 Å². The van der Waals surface area contributed by atoms with Crippen LogP contribution < -0.4 is 15.2 Å². The van der Waals surface area contributed by atoms with E-state index in [4.69, 9.17) is 10.5 Å². The molecule has 0 amide bonds.